The van der Waals surface area contributed by atoms with E-state index in [-0.39, 0.29) is 17.3 Å². The summed E-state index contributed by atoms with van der Waals surface area (Å²) in [5, 5.41) is 0. The molecule has 0 aliphatic carbocycles. The van der Waals surface area contributed by atoms with Crippen LogP contribution in [0.1, 0.15) is 17.7 Å². The first kappa shape index (κ1) is 16.2. The molecule has 2 aromatic heterocycles. The molecule has 1 aliphatic heterocycles. The van der Waals surface area contributed by atoms with Crippen LogP contribution in [-0.2, 0) is 16.1 Å². The van der Waals surface area contributed by atoms with Crippen molar-refractivity contribution in [1.82, 2.24) is 15.0 Å². The minimum atomic E-state index is -0.406. The number of thiazole rings is 1. The number of anilines is 1. The SMILES string of the molecule is O=C(C1CCOCC1)N(Cc1cncs1)c1nc2c(F)cccc2[nH]1. The number of ether oxygens (including phenoxy) is 1. The maximum Gasteiger partial charge on any atom is 0.232 e. The highest BCUT2D eigenvalue weighted by atomic mass is 32.1. The van der Waals surface area contributed by atoms with Gasteiger partial charge >= 0.3 is 0 Å². The quantitative estimate of drug-likeness (QED) is 0.776. The highest BCUT2D eigenvalue weighted by Gasteiger charge is 2.29. The molecular formula is C17H17FN4O2S. The molecule has 1 fully saturated rings. The first-order valence-electron chi connectivity index (χ1n) is 8.13. The van der Waals surface area contributed by atoms with Crippen LogP contribution in [0.2, 0.25) is 0 Å². The number of carbonyl (C=O) groups is 1. The van der Waals surface area contributed by atoms with Gasteiger partial charge in [0.1, 0.15) is 5.52 Å². The predicted octanol–water partition coefficient (Wildman–Crippen LogP) is 3.12. The fraction of sp³-hybridized carbons (Fsp3) is 0.353. The van der Waals surface area contributed by atoms with E-state index in [4.69, 9.17) is 4.74 Å². The predicted molar refractivity (Wildman–Crippen MR) is 92.9 cm³/mol. The van der Waals surface area contributed by atoms with Crippen molar-refractivity contribution in [2.24, 2.45) is 5.92 Å². The van der Waals surface area contributed by atoms with Gasteiger partial charge in [0.05, 0.1) is 17.6 Å². The third-order valence-electron chi connectivity index (χ3n) is 4.34. The van der Waals surface area contributed by atoms with Crippen molar-refractivity contribution >= 4 is 34.2 Å². The molecule has 0 spiro atoms. The second-order valence-electron chi connectivity index (χ2n) is 5.98. The number of nitrogens with zero attached hydrogens (tertiary/aromatic N) is 3. The summed E-state index contributed by atoms with van der Waals surface area (Å²) >= 11 is 1.47. The molecule has 1 amide bonds. The normalized spacial score (nSPS) is 15.6. The number of H-pyrrole nitrogens is 1. The topological polar surface area (TPSA) is 71.1 Å². The molecule has 1 aliphatic rings. The largest absolute Gasteiger partial charge is 0.381 e. The molecule has 25 heavy (non-hydrogen) atoms. The molecular weight excluding hydrogens is 343 g/mol. The third kappa shape index (κ3) is 3.27. The number of rotatable bonds is 4. The Bertz CT molecular complexity index is 874. The van der Waals surface area contributed by atoms with E-state index in [1.807, 2.05) is 0 Å². The van der Waals surface area contributed by atoms with Crippen LogP contribution in [-0.4, -0.2) is 34.1 Å². The van der Waals surface area contributed by atoms with Crippen LogP contribution in [0.5, 0.6) is 0 Å². The molecule has 130 valence electrons. The molecule has 1 aromatic carbocycles. The first-order valence-corrected chi connectivity index (χ1v) is 9.01. The lowest BCUT2D eigenvalue weighted by Crippen LogP contribution is -2.38. The number of hydrogen-bond acceptors (Lipinski definition) is 5. The molecule has 0 atom stereocenters. The van der Waals surface area contributed by atoms with Crippen LogP contribution in [0, 0.1) is 11.7 Å². The number of nitrogens with one attached hydrogen (secondary N) is 1. The lowest BCUT2D eigenvalue weighted by molar-refractivity contribution is -0.125. The Morgan fingerprint density at radius 2 is 2.24 bits per heavy atom. The number of fused-ring (bicyclic) bond motifs is 1. The van der Waals surface area contributed by atoms with Gasteiger partial charge in [-0.1, -0.05) is 6.07 Å². The number of para-hydroxylation sites is 1. The number of aromatic nitrogens is 3. The van der Waals surface area contributed by atoms with E-state index in [1.165, 1.54) is 17.4 Å². The summed E-state index contributed by atoms with van der Waals surface area (Å²) in [6.45, 7) is 1.53. The fourth-order valence-corrected chi connectivity index (χ4v) is 3.59. The van der Waals surface area contributed by atoms with E-state index in [0.29, 0.717) is 44.1 Å². The lowest BCUT2D eigenvalue weighted by atomic mass is 9.99. The number of aromatic amines is 1. The van der Waals surface area contributed by atoms with Gasteiger partial charge in [0.15, 0.2) is 5.82 Å². The number of carbonyl (C=O) groups excluding carboxylic acids is 1. The minimum absolute atomic E-state index is 0.0174. The summed E-state index contributed by atoms with van der Waals surface area (Å²) in [4.78, 5) is 27.1. The van der Waals surface area contributed by atoms with E-state index >= 15 is 0 Å². The average Bonchev–Trinajstić information content (AvgIpc) is 3.30. The molecule has 0 radical (unpaired) electrons. The molecule has 0 unspecified atom stereocenters. The van der Waals surface area contributed by atoms with Crippen LogP contribution < -0.4 is 4.90 Å². The number of halogens is 1. The summed E-state index contributed by atoms with van der Waals surface area (Å²) in [5.41, 5.74) is 2.54. The number of benzene rings is 1. The van der Waals surface area contributed by atoms with Gasteiger partial charge in [0.2, 0.25) is 11.9 Å². The van der Waals surface area contributed by atoms with Crippen molar-refractivity contribution in [2.45, 2.75) is 19.4 Å². The number of hydrogen-bond donors (Lipinski definition) is 1. The van der Waals surface area contributed by atoms with Crippen molar-refractivity contribution in [2.75, 3.05) is 18.1 Å². The van der Waals surface area contributed by atoms with Gasteiger partial charge in [-0.3, -0.25) is 14.7 Å². The Labute approximate surface area is 147 Å². The highest BCUT2D eigenvalue weighted by Crippen LogP contribution is 2.26. The zero-order chi connectivity index (χ0) is 17.2. The van der Waals surface area contributed by atoms with E-state index in [1.54, 1.807) is 28.7 Å². The van der Waals surface area contributed by atoms with Crippen molar-refractivity contribution in [3.63, 3.8) is 0 Å². The molecule has 3 heterocycles. The smallest absolute Gasteiger partial charge is 0.232 e. The van der Waals surface area contributed by atoms with Gasteiger partial charge in [0.25, 0.3) is 0 Å². The molecule has 0 saturated carbocycles. The Balaban J connectivity index is 1.70. The average molecular weight is 360 g/mol. The highest BCUT2D eigenvalue weighted by molar-refractivity contribution is 7.09. The van der Waals surface area contributed by atoms with Crippen molar-refractivity contribution in [3.8, 4) is 0 Å². The Morgan fingerprint density at radius 1 is 1.40 bits per heavy atom. The molecule has 4 rings (SSSR count). The molecule has 3 aromatic rings. The summed E-state index contributed by atoms with van der Waals surface area (Å²) in [7, 11) is 0. The van der Waals surface area contributed by atoms with E-state index in [2.05, 4.69) is 15.0 Å². The fourth-order valence-electron chi connectivity index (χ4n) is 3.01. The van der Waals surface area contributed by atoms with Crippen LogP contribution in [0.4, 0.5) is 10.3 Å². The standard InChI is InChI=1S/C17H17FN4O2S/c18-13-2-1-3-14-15(13)21-17(20-14)22(9-12-8-19-10-25-12)16(23)11-4-6-24-7-5-11/h1-3,8,10-11H,4-7,9H2,(H,20,21). The van der Waals surface area contributed by atoms with Crippen molar-refractivity contribution < 1.29 is 13.9 Å². The first-order chi connectivity index (χ1) is 12.2. The van der Waals surface area contributed by atoms with Gasteiger partial charge < -0.3 is 9.72 Å². The second kappa shape index (κ2) is 6.89. The number of imidazole rings is 1. The zero-order valence-corrected chi connectivity index (χ0v) is 14.3. The summed E-state index contributed by atoms with van der Waals surface area (Å²) in [6, 6.07) is 4.73. The maximum atomic E-state index is 14.0. The van der Waals surface area contributed by atoms with Gasteiger partial charge in [-0.15, -0.1) is 11.3 Å². The van der Waals surface area contributed by atoms with Gasteiger partial charge in [0, 0.05) is 30.2 Å². The van der Waals surface area contributed by atoms with Crippen LogP contribution in [0.25, 0.3) is 11.0 Å². The number of amides is 1. The Kier molecular flexibility index (Phi) is 4.46. The lowest BCUT2D eigenvalue weighted by Gasteiger charge is -2.27. The van der Waals surface area contributed by atoms with Crippen LogP contribution in [0.15, 0.2) is 29.9 Å². The van der Waals surface area contributed by atoms with Gasteiger partial charge in [-0.05, 0) is 25.0 Å². The monoisotopic (exact) mass is 360 g/mol. The molecule has 0 bridgehead atoms. The van der Waals surface area contributed by atoms with Gasteiger partial charge in [-0.2, -0.15) is 0 Å². The van der Waals surface area contributed by atoms with Crippen molar-refractivity contribution in [1.29, 1.82) is 0 Å². The van der Waals surface area contributed by atoms with E-state index in [0.717, 1.165) is 4.88 Å². The summed E-state index contributed by atoms with van der Waals surface area (Å²) in [6.07, 6.45) is 3.11. The minimum Gasteiger partial charge on any atom is -0.381 e. The van der Waals surface area contributed by atoms with Gasteiger partial charge in [-0.25, -0.2) is 9.37 Å². The Morgan fingerprint density at radius 3 is 2.96 bits per heavy atom. The second-order valence-corrected chi connectivity index (χ2v) is 6.95. The van der Waals surface area contributed by atoms with E-state index in [9.17, 15) is 9.18 Å². The van der Waals surface area contributed by atoms with Crippen LogP contribution in [0.3, 0.4) is 0 Å². The molecule has 8 heteroatoms. The molecule has 6 nitrogen and oxygen atoms in total. The summed E-state index contributed by atoms with van der Waals surface area (Å²) < 4.78 is 19.3. The Hall–Kier alpha value is -2.32. The van der Waals surface area contributed by atoms with Crippen molar-refractivity contribution in [3.05, 3.63) is 40.6 Å². The summed E-state index contributed by atoms with van der Waals surface area (Å²) in [5.74, 6) is -0.169. The maximum absolute atomic E-state index is 14.0. The zero-order valence-electron chi connectivity index (χ0n) is 13.4. The third-order valence-corrected chi connectivity index (χ3v) is 5.11. The molecule has 1 N–H and O–H groups in total. The molecule has 1 saturated heterocycles. The van der Waals surface area contributed by atoms with E-state index < -0.39 is 5.82 Å². The van der Waals surface area contributed by atoms with Crippen LogP contribution >= 0.6 is 11.3 Å².